The average Bonchev–Trinajstić information content (AvgIpc) is 2.38. The topological polar surface area (TPSA) is 35.8 Å². The summed E-state index contributed by atoms with van der Waals surface area (Å²) in [5.41, 5.74) is 3.55. The van der Waals surface area contributed by atoms with Gasteiger partial charge in [-0.15, -0.1) is 0 Å². The van der Waals surface area contributed by atoms with E-state index in [0.29, 0.717) is 0 Å². The number of rotatable bonds is 1. The van der Waals surface area contributed by atoms with Crippen LogP contribution in [-0.4, -0.2) is 36.6 Å². The molecule has 2 heterocycles. The van der Waals surface area contributed by atoms with Crippen molar-refractivity contribution < 1.29 is 5.11 Å². The van der Waals surface area contributed by atoms with E-state index in [1.807, 2.05) is 13.1 Å². The summed E-state index contributed by atoms with van der Waals surface area (Å²) >= 11 is 0. The molecule has 0 atom stereocenters. The van der Waals surface area contributed by atoms with Gasteiger partial charge < -0.3 is 10.0 Å². The van der Waals surface area contributed by atoms with Gasteiger partial charge in [0.1, 0.15) is 0 Å². The van der Waals surface area contributed by atoms with Crippen molar-refractivity contribution in [3.05, 3.63) is 29.3 Å². The van der Waals surface area contributed by atoms with E-state index >= 15 is 0 Å². The Morgan fingerprint density at radius 3 is 2.83 bits per heavy atom. The monoisotopic (exact) mass is 244 g/mol. The van der Waals surface area contributed by atoms with Gasteiger partial charge in [-0.2, -0.15) is 0 Å². The molecule has 1 aromatic carbocycles. The number of aliphatic hydroxyl groups is 1. The van der Waals surface area contributed by atoms with Crippen LogP contribution in [-0.2, 0) is 6.42 Å². The molecule has 0 saturated carbocycles. The van der Waals surface area contributed by atoms with Crippen LogP contribution in [0.5, 0.6) is 0 Å². The first-order valence-electron chi connectivity index (χ1n) is 6.75. The number of piperidine rings is 1. The van der Waals surface area contributed by atoms with E-state index < -0.39 is 5.60 Å². The molecule has 3 heteroatoms. The predicted octanol–water partition coefficient (Wildman–Crippen LogP) is 2.01. The van der Waals surface area contributed by atoms with Crippen molar-refractivity contribution >= 4 is 11.9 Å². The van der Waals surface area contributed by atoms with Gasteiger partial charge in [-0.05, 0) is 43.4 Å². The molecule has 1 aromatic rings. The minimum atomic E-state index is -0.479. The molecule has 0 aromatic heterocycles. The molecule has 0 bridgehead atoms. The minimum Gasteiger partial charge on any atom is -0.390 e. The zero-order chi connectivity index (χ0) is 12.6. The maximum absolute atomic E-state index is 10.0. The fourth-order valence-electron chi connectivity index (χ4n) is 2.85. The van der Waals surface area contributed by atoms with Gasteiger partial charge in [-0.1, -0.05) is 12.1 Å². The molecule has 2 aliphatic heterocycles. The molecular weight excluding hydrogens is 224 g/mol. The van der Waals surface area contributed by atoms with Crippen LogP contribution >= 0.6 is 0 Å². The SMILES string of the molecule is CC1(O)CCN(c2cccc3c2CCN=C3)CC1. The number of hydrogen-bond donors (Lipinski definition) is 1. The molecule has 3 nitrogen and oxygen atoms in total. The highest BCUT2D eigenvalue weighted by atomic mass is 16.3. The van der Waals surface area contributed by atoms with E-state index in [1.54, 1.807) is 0 Å². The molecule has 0 spiro atoms. The zero-order valence-corrected chi connectivity index (χ0v) is 10.9. The van der Waals surface area contributed by atoms with Crippen molar-refractivity contribution in [2.45, 2.75) is 31.8 Å². The van der Waals surface area contributed by atoms with Gasteiger partial charge in [0, 0.05) is 31.5 Å². The summed E-state index contributed by atoms with van der Waals surface area (Å²) in [7, 11) is 0. The minimum absolute atomic E-state index is 0.479. The normalized spacial score (nSPS) is 21.8. The molecule has 1 fully saturated rings. The summed E-state index contributed by atoms with van der Waals surface area (Å²) in [6.45, 7) is 4.73. The van der Waals surface area contributed by atoms with Crippen molar-refractivity contribution in [3.63, 3.8) is 0 Å². The Hall–Kier alpha value is -1.35. The first-order chi connectivity index (χ1) is 8.66. The molecule has 3 rings (SSSR count). The molecule has 0 aliphatic carbocycles. The van der Waals surface area contributed by atoms with Gasteiger partial charge in [-0.3, -0.25) is 4.99 Å². The summed E-state index contributed by atoms with van der Waals surface area (Å²) in [6.07, 6.45) is 4.73. The molecule has 2 aliphatic rings. The van der Waals surface area contributed by atoms with Crippen LogP contribution in [0.4, 0.5) is 5.69 Å². The fourth-order valence-corrected chi connectivity index (χ4v) is 2.85. The molecule has 1 saturated heterocycles. The lowest BCUT2D eigenvalue weighted by Crippen LogP contribution is -2.43. The van der Waals surface area contributed by atoms with E-state index in [0.717, 1.165) is 38.9 Å². The summed E-state index contributed by atoms with van der Waals surface area (Å²) < 4.78 is 0. The van der Waals surface area contributed by atoms with E-state index in [-0.39, 0.29) is 0 Å². The van der Waals surface area contributed by atoms with Gasteiger partial charge in [0.2, 0.25) is 0 Å². The lowest BCUT2D eigenvalue weighted by molar-refractivity contribution is 0.0351. The quantitative estimate of drug-likeness (QED) is 0.820. The van der Waals surface area contributed by atoms with Crippen LogP contribution in [0.1, 0.15) is 30.9 Å². The average molecular weight is 244 g/mol. The first kappa shape index (κ1) is 11.7. The van der Waals surface area contributed by atoms with E-state index in [9.17, 15) is 5.11 Å². The molecule has 0 unspecified atom stereocenters. The molecule has 18 heavy (non-hydrogen) atoms. The van der Waals surface area contributed by atoms with Crippen LogP contribution in [0, 0.1) is 0 Å². The third-order valence-corrected chi connectivity index (χ3v) is 4.09. The molecule has 96 valence electrons. The second-order valence-corrected chi connectivity index (χ2v) is 5.61. The second-order valence-electron chi connectivity index (χ2n) is 5.61. The van der Waals surface area contributed by atoms with E-state index in [2.05, 4.69) is 28.1 Å². The molecular formula is C15H20N2O. The Labute approximate surface area is 108 Å². The Morgan fingerprint density at radius 2 is 2.06 bits per heavy atom. The van der Waals surface area contributed by atoms with Gasteiger partial charge >= 0.3 is 0 Å². The number of anilines is 1. The van der Waals surface area contributed by atoms with Crippen LogP contribution in [0.3, 0.4) is 0 Å². The third kappa shape index (κ3) is 2.15. The predicted molar refractivity (Wildman–Crippen MR) is 74.7 cm³/mol. The van der Waals surface area contributed by atoms with Gasteiger partial charge in [-0.25, -0.2) is 0 Å². The number of benzene rings is 1. The Balaban J connectivity index is 1.87. The Kier molecular flexibility index (Phi) is 2.86. The third-order valence-electron chi connectivity index (χ3n) is 4.09. The van der Waals surface area contributed by atoms with Crippen LogP contribution < -0.4 is 4.90 Å². The number of fused-ring (bicyclic) bond motifs is 1. The van der Waals surface area contributed by atoms with Gasteiger partial charge in [0.15, 0.2) is 0 Å². The molecule has 0 radical (unpaired) electrons. The van der Waals surface area contributed by atoms with E-state index in [4.69, 9.17) is 0 Å². The lowest BCUT2D eigenvalue weighted by atomic mass is 9.92. The highest BCUT2D eigenvalue weighted by molar-refractivity contribution is 5.86. The zero-order valence-electron chi connectivity index (χ0n) is 10.9. The first-order valence-corrected chi connectivity index (χ1v) is 6.75. The van der Waals surface area contributed by atoms with Crippen molar-refractivity contribution in [1.82, 2.24) is 0 Å². The number of aliphatic imine (C=N–C) groups is 1. The van der Waals surface area contributed by atoms with Crippen molar-refractivity contribution in [2.24, 2.45) is 4.99 Å². The number of hydrogen-bond acceptors (Lipinski definition) is 3. The number of nitrogens with zero attached hydrogens (tertiary/aromatic N) is 2. The summed E-state index contributed by atoms with van der Waals surface area (Å²) in [5.74, 6) is 0. The Bertz CT molecular complexity index is 469. The summed E-state index contributed by atoms with van der Waals surface area (Å²) in [5, 5.41) is 10.0. The van der Waals surface area contributed by atoms with Crippen molar-refractivity contribution in [1.29, 1.82) is 0 Å². The van der Waals surface area contributed by atoms with Crippen LogP contribution in [0.15, 0.2) is 23.2 Å². The highest BCUT2D eigenvalue weighted by Crippen LogP contribution is 2.30. The standard InChI is InChI=1S/C15H20N2O/c1-15(18)6-9-17(10-7-15)14-4-2-3-12-11-16-8-5-13(12)14/h2-4,11,18H,5-10H2,1H3. The maximum atomic E-state index is 10.0. The van der Waals surface area contributed by atoms with Crippen molar-refractivity contribution in [2.75, 3.05) is 24.5 Å². The van der Waals surface area contributed by atoms with Crippen LogP contribution in [0.2, 0.25) is 0 Å². The maximum Gasteiger partial charge on any atom is 0.0653 e. The lowest BCUT2D eigenvalue weighted by Gasteiger charge is -2.38. The molecule has 0 amide bonds. The highest BCUT2D eigenvalue weighted by Gasteiger charge is 2.28. The van der Waals surface area contributed by atoms with Gasteiger partial charge in [0.05, 0.1) is 5.60 Å². The summed E-state index contributed by atoms with van der Waals surface area (Å²) in [6, 6.07) is 6.46. The summed E-state index contributed by atoms with van der Waals surface area (Å²) in [4.78, 5) is 6.76. The smallest absolute Gasteiger partial charge is 0.0653 e. The fraction of sp³-hybridized carbons (Fsp3) is 0.533. The van der Waals surface area contributed by atoms with Gasteiger partial charge in [0.25, 0.3) is 0 Å². The van der Waals surface area contributed by atoms with Crippen molar-refractivity contribution in [3.8, 4) is 0 Å². The Morgan fingerprint density at radius 1 is 1.28 bits per heavy atom. The van der Waals surface area contributed by atoms with E-state index in [1.165, 1.54) is 16.8 Å². The largest absolute Gasteiger partial charge is 0.390 e. The molecule has 1 N–H and O–H groups in total. The van der Waals surface area contributed by atoms with Crippen LogP contribution in [0.25, 0.3) is 0 Å². The second kappa shape index (κ2) is 4.39.